The van der Waals surface area contributed by atoms with Crippen LogP contribution in [-0.2, 0) is 12.8 Å². The Morgan fingerprint density at radius 1 is 1.11 bits per heavy atom. The smallest absolute Gasteiger partial charge is 0.266 e. The average Bonchev–Trinajstić information content (AvgIpc) is 3.31. The Hall–Kier alpha value is -2.51. The number of carbonyl (C=O) groups excluding carboxylic acids is 2. The van der Waals surface area contributed by atoms with Gasteiger partial charge in [-0.1, -0.05) is 13.0 Å². The van der Waals surface area contributed by atoms with E-state index in [0.717, 1.165) is 29.7 Å². The lowest BCUT2D eigenvalue weighted by Gasteiger charge is -2.18. The van der Waals surface area contributed by atoms with Crippen LogP contribution < -0.4 is 10.6 Å². The van der Waals surface area contributed by atoms with Gasteiger partial charge >= 0.3 is 0 Å². The average molecular weight is 415 g/mol. The lowest BCUT2D eigenvalue weighted by Crippen LogP contribution is -2.19. The molecule has 0 radical (unpaired) electrons. The van der Waals surface area contributed by atoms with Crippen molar-refractivity contribution in [2.75, 3.05) is 10.6 Å². The van der Waals surface area contributed by atoms with Crippen molar-refractivity contribution in [3.63, 3.8) is 0 Å². The quantitative estimate of drug-likeness (QED) is 0.586. The fraction of sp³-hybridized carbons (Fsp3) is 0.238. The minimum Gasteiger partial charge on any atom is -0.322 e. The van der Waals surface area contributed by atoms with E-state index in [-0.39, 0.29) is 17.6 Å². The van der Waals surface area contributed by atoms with Crippen LogP contribution in [0, 0.1) is 11.7 Å². The van der Waals surface area contributed by atoms with Gasteiger partial charge in [0.2, 0.25) is 0 Å². The Morgan fingerprint density at radius 3 is 2.61 bits per heavy atom. The van der Waals surface area contributed by atoms with E-state index in [1.54, 1.807) is 6.07 Å². The van der Waals surface area contributed by atoms with E-state index < -0.39 is 0 Å². The summed E-state index contributed by atoms with van der Waals surface area (Å²) >= 11 is 2.84. The first-order valence-electron chi connectivity index (χ1n) is 9.07. The van der Waals surface area contributed by atoms with Crippen molar-refractivity contribution in [3.05, 3.63) is 68.5 Å². The molecule has 0 fully saturated rings. The van der Waals surface area contributed by atoms with E-state index in [2.05, 4.69) is 17.6 Å². The van der Waals surface area contributed by atoms with E-state index in [0.29, 0.717) is 27.0 Å². The van der Waals surface area contributed by atoms with Gasteiger partial charge in [-0.3, -0.25) is 9.59 Å². The summed E-state index contributed by atoms with van der Waals surface area (Å²) in [5, 5.41) is 8.19. The maximum absolute atomic E-state index is 13.1. The predicted molar refractivity (Wildman–Crippen MR) is 112 cm³/mol. The minimum atomic E-state index is -0.358. The number of rotatable bonds is 4. The maximum atomic E-state index is 13.1. The molecule has 1 aliphatic rings. The van der Waals surface area contributed by atoms with E-state index in [1.165, 1.54) is 46.9 Å². The second-order valence-electron chi connectivity index (χ2n) is 6.95. The lowest BCUT2D eigenvalue weighted by molar-refractivity contribution is 0.102. The summed E-state index contributed by atoms with van der Waals surface area (Å²) < 4.78 is 13.1. The van der Waals surface area contributed by atoms with Crippen LogP contribution in [0.15, 0.2) is 41.8 Å². The van der Waals surface area contributed by atoms with Gasteiger partial charge in [0.05, 0.1) is 10.4 Å². The molecule has 0 saturated heterocycles. The minimum absolute atomic E-state index is 0.211. The summed E-state index contributed by atoms with van der Waals surface area (Å²) in [5.41, 5.74) is 2.07. The van der Waals surface area contributed by atoms with Gasteiger partial charge in [0, 0.05) is 10.6 Å². The molecule has 0 unspecified atom stereocenters. The van der Waals surface area contributed by atoms with Crippen molar-refractivity contribution in [3.8, 4) is 0 Å². The van der Waals surface area contributed by atoms with Gasteiger partial charge in [-0.15, -0.1) is 22.7 Å². The van der Waals surface area contributed by atoms with Crippen molar-refractivity contribution in [2.45, 2.75) is 26.2 Å². The third kappa shape index (κ3) is 3.86. The largest absolute Gasteiger partial charge is 0.322 e. The summed E-state index contributed by atoms with van der Waals surface area (Å²) in [7, 11) is 0. The molecule has 1 aliphatic carbocycles. The zero-order valence-electron chi connectivity index (χ0n) is 15.3. The third-order valence-corrected chi connectivity index (χ3v) is 6.85. The first-order chi connectivity index (χ1) is 13.5. The summed E-state index contributed by atoms with van der Waals surface area (Å²) in [4.78, 5) is 27.4. The van der Waals surface area contributed by atoms with Gasteiger partial charge in [0.15, 0.2) is 0 Å². The number of anilines is 2. The molecule has 0 bridgehead atoms. The van der Waals surface area contributed by atoms with Gasteiger partial charge < -0.3 is 10.6 Å². The van der Waals surface area contributed by atoms with Gasteiger partial charge in [-0.25, -0.2) is 4.39 Å². The van der Waals surface area contributed by atoms with Gasteiger partial charge in [0.1, 0.15) is 10.8 Å². The maximum Gasteiger partial charge on any atom is 0.266 e. The molecule has 2 N–H and O–H groups in total. The molecule has 2 heterocycles. The standard InChI is InChI=1S/C21H19FN2O2S2/c1-12-4-9-15-17(11-12)28-21(24-19(25)16-3-2-10-27-16)18(15)20(26)23-14-7-5-13(22)6-8-14/h2-3,5-8,10,12H,4,9,11H2,1H3,(H,23,26)(H,24,25)/t12-/m1/s1. The molecule has 0 spiro atoms. The molecule has 1 atom stereocenters. The Morgan fingerprint density at radius 2 is 1.89 bits per heavy atom. The van der Waals surface area contributed by atoms with Gasteiger partial charge in [0.25, 0.3) is 11.8 Å². The van der Waals surface area contributed by atoms with Crippen LogP contribution in [-0.4, -0.2) is 11.8 Å². The molecule has 28 heavy (non-hydrogen) atoms. The first-order valence-corrected chi connectivity index (χ1v) is 10.8. The fourth-order valence-corrected chi connectivity index (χ4v) is 5.40. The number of fused-ring (bicyclic) bond motifs is 1. The molecule has 2 amide bonds. The number of amides is 2. The van der Waals surface area contributed by atoms with E-state index in [1.807, 2.05) is 11.4 Å². The highest BCUT2D eigenvalue weighted by Crippen LogP contribution is 2.40. The number of nitrogens with one attached hydrogen (secondary N) is 2. The van der Waals surface area contributed by atoms with Crippen LogP contribution in [0.1, 0.15) is 43.8 Å². The SMILES string of the molecule is C[C@@H]1CCc2c(sc(NC(=O)c3cccs3)c2C(=O)Nc2ccc(F)cc2)C1. The van der Waals surface area contributed by atoms with E-state index >= 15 is 0 Å². The molecule has 0 aliphatic heterocycles. The van der Waals surface area contributed by atoms with Crippen LogP contribution in [0.2, 0.25) is 0 Å². The second-order valence-corrected chi connectivity index (χ2v) is 9.00. The number of benzene rings is 1. The fourth-order valence-electron chi connectivity index (χ4n) is 3.38. The second kappa shape index (κ2) is 7.85. The Labute approximate surface area is 170 Å². The molecular formula is C21H19FN2O2S2. The lowest BCUT2D eigenvalue weighted by atomic mass is 9.88. The molecule has 144 valence electrons. The predicted octanol–water partition coefficient (Wildman–Crippen LogP) is 5.58. The third-order valence-electron chi connectivity index (χ3n) is 4.81. The van der Waals surface area contributed by atoms with Crippen molar-refractivity contribution in [1.29, 1.82) is 0 Å². The van der Waals surface area contributed by atoms with Crippen LogP contribution >= 0.6 is 22.7 Å². The van der Waals surface area contributed by atoms with Gasteiger partial charge in [-0.05, 0) is 66.5 Å². The van der Waals surface area contributed by atoms with E-state index in [9.17, 15) is 14.0 Å². The zero-order valence-corrected chi connectivity index (χ0v) is 16.9. The topological polar surface area (TPSA) is 58.2 Å². The van der Waals surface area contributed by atoms with Gasteiger partial charge in [-0.2, -0.15) is 0 Å². The Kier molecular flexibility index (Phi) is 5.28. The molecular weight excluding hydrogens is 395 g/mol. The van der Waals surface area contributed by atoms with Crippen molar-refractivity contribution in [2.24, 2.45) is 5.92 Å². The number of hydrogen-bond acceptors (Lipinski definition) is 4. The number of carbonyl (C=O) groups is 2. The first kappa shape index (κ1) is 18.8. The number of hydrogen-bond donors (Lipinski definition) is 2. The molecule has 2 aromatic heterocycles. The summed E-state index contributed by atoms with van der Waals surface area (Å²) in [6, 6.07) is 9.24. The van der Waals surface area contributed by atoms with Crippen LogP contribution in [0.3, 0.4) is 0 Å². The highest BCUT2D eigenvalue weighted by molar-refractivity contribution is 7.17. The summed E-state index contributed by atoms with van der Waals surface area (Å²) in [6.07, 6.45) is 2.73. The zero-order chi connectivity index (χ0) is 19.7. The van der Waals surface area contributed by atoms with Crippen LogP contribution in [0.4, 0.5) is 15.1 Å². The van der Waals surface area contributed by atoms with Crippen LogP contribution in [0.25, 0.3) is 0 Å². The molecule has 1 aromatic carbocycles. The van der Waals surface area contributed by atoms with Crippen molar-refractivity contribution >= 4 is 45.2 Å². The summed E-state index contributed by atoms with van der Waals surface area (Å²) in [5.74, 6) is -0.290. The normalized spacial score (nSPS) is 15.7. The Balaban J connectivity index is 1.66. The number of thiophene rings is 2. The van der Waals surface area contributed by atoms with Crippen molar-refractivity contribution in [1.82, 2.24) is 0 Å². The monoisotopic (exact) mass is 414 g/mol. The van der Waals surface area contributed by atoms with Crippen molar-refractivity contribution < 1.29 is 14.0 Å². The highest BCUT2D eigenvalue weighted by Gasteiger charge is 2.28. The Bertz CT molecular complexity index is 1010. The summed E-state index contributed by atoms with van der Waals surface area (Å²) in [6.45, 7) is 2.20. The molecule has 4 nitrogen and oxygen atoms in total. The molecule has 4 rings (SSSR count). The molecule has 7 heteroatoms. The molecule has 3 aromatic rings. The molecule has 0 saturated carbocycles. The number of halogens is 1. The van der Waals surface area contributed by atoms with Crippen LogP contribution in [0.5, 0.6) is 0 Å². The van der Waals surface area contributed by atoms with E-state index in [4.69, 9.17) is 0 Å². The highest BCUT2D eigenvalue weighted by atomic mass is 32.1.